The number of nitrogens with zero attached hydrogens (tertiary/aromatic N) is 1. The minimum absolute atomic E-state index is 0.0426. The number of aromatic nitrogens is 2. The molecule has 0 bridgehead atoms. The third kappa shape index (κ3) is 3.88. The average molecular weight is 321 g/mol. The fourth-order valence-electron chi connectivity index (χ4n) is 2.46. The number of rotatable bonds is 6. The van der Waals surface area contributed by atoms with Crippen molar-refractivity contribution in [2.24, 2.45) is 0 Å². The maximum Gasteiger partial charge on any atom is 0.250 e. The summed E-state index contributed by atoms with van der Waals surface area (Å²) >= 11 is 0. The van der Waals surface area contributed by atoms with Crippen molar-refractivity contribution in [3.63, 3.8) is 0 Å². The molecule has 2 N–H and O–H groups in total. The van der Waals surface area contributed by atoms with E-state index in [9.17, 15) is 4.79 Å². The molecule has 0 unspecified atom stereocenters. The molecule has 5 nitrogen and oxygen atoms in total. The van der Waals surface area contributed by atoms with Crippen LogP contribution in [0, 0.1) is 6.92 Å². The summed E-state index contributed by atoms with van der Waals surface area (Å²) in [7, 11) is 0. The number of carbonyl (C=O) groups is 1. The lowest BCUT2D eigenvalue weighted by atomic mass is 10.0. The molecule has 1 heterocycles. The zero-order chi connectivity index (χ0) is 16.8. The molecule has 24 heavy (non-hydrogen) atoms. The highest BCUT2D eigenvalue weighted by molar-refractivity contribution is 5.92. The van der Waals surface area contributed by atoms with Crippen LogP contribution in [0.1, 0.15) is 22.9 Å². The van der Waals surface area contributed by atoms with Crippen LogP contribution < -0.4 is 5.32 Å². The van der Waals surface area contributed by atoms with Crippen LogP contribution in [-0.2, 0) is 9.53 Å². The number of benzene rings is 2. The van der Waals surface area contributed by atoms with E-state index in [-0.39, 0.29) is 18.6 Å². The van der Waals surface area contributed by atoms with Crippen LogP contribution in [0.3, 0.4) is 0 Å². The minimum atomic E-state index is -0.288. The van der Waals surface area contributed by atoms with E-state index in [2.05, 4.69) is 15.5 Å². The first-order chi connectivity index (χ1) is 11.7. The topological polar surface area (TPSA) is 67.0 Å². The van der Waals surface area contributed by atoms with E-state index < -0.39 is 0 Å². The van der Waals surface area contributed by atoms with Gasteiger partial charge in [-0.2, -0.15) is 5.10 Å². The van der Waals surface area contributed by atoms with E-state index in [1.54, 1.807) is 6.20 Å². The van der Waals surface area contributed by atoms with Gasteiger partial charge < -0.3 is 10.1 Å². The van der Waals surface area contributed by atoms with E-state index in [1.165, 1.54) is 0 Å². The van der Waals surface area contributed by atoms with Crippen LogP contribution in [-0.4, -0.2) is 22.7 Å². The van der Waals surface area contributed by atoms with Crippen LogP contribution in [0.2, 0.25) is 0 Å². The Balaban J connectivity index is 1.71. The zero-order valence-electron chi connectivity index (χ0n) is 13.4. The number of aryl methyl sites for hydroxylation is 1. The van der Waals surface area contributed by atoms with E-state index in [0.29, 0.717) is 5.69 Å². The second kappa shape index (κ2) is 7.57. The molecular formula is C19H19N3O2. The van der Waals surface area contributed by atoms with Gasteiger partial charge in [0.2, 0.25) is 0 Å². The lowest BCUT2D eigenvalue weighted by molar-refractivity contribution is -0.121. The number of anilines is 1. The van der Waals surface area contributed by atoms with Gasteiger partial charge >= 0.3 is 0 Å². The Bertz CT molecular complexity index is 745. The van der Waals surface area contributed by atoms with Crippen molar-refractivity contribution < 1.29 is 9.53 Å². The molecule has 0 aliphatic carbocycles. The van der Waals surface area contributed by atoms with Crippen molar-refractivity contribution in [1.29, 1.82) is 0 Å². The molecule has 0 aliphatic rings. The third-order valence-corrected chi connectivity index (χ3v) is 3.69. The summed E-state index contributed by atoms with van der Waals surface area (Å²) in [4.78, 5) is 12.2. The third-order valence-electron chi connectivity index (χ3n) is 3.69. The zero-order valence-corrected chi connectivity index (χ0v) is 13.4. The van der Waals surface area contributed by atoms with Gasteiger partial charge in [-0.1, -0.05) is 60.7 Å². The van der Waals surface area contributed by atoms with Gasteiger partial charge in [0.25, 0.3) is 5.91 Å². The Morgan fingerprint density at radius 1 is 1.08 bits per heavy atom. The first-order valence-electron chi connectivity index (χ1n) is 7.75. The molecule has 122 valence electrons. The van der Waals surface area contributed by atoms with E-state index >= 15 is 0 Å². The lowest BCUT2D eigenvalue weighted by Gasteiger charge is -2.18. The molecule has 0 saturated carbocycles. The molecule has 0 saturated heterocycles. The fraction of sp³-hybridized carbons (Fsp3) is 0.158. The Morgan fingerprint density at radius 3 is 2.17 bits per heavy atom. The van der Waals surface area contributed by atoms with Crippen LogP contribution in [0.25, 0.3) is 0 Å². The maximum atomic E-state index is 12.2. The first-order valence-corrected chi connectivity index (χ1v) is 7.75. The number of amides is 1. The molecule has 0 atom stereocenters. The second-order valence-corrected chi connectivity index (χ2v) is 5.47. The molecule has 0 aliphatic heterocycles. The molecule has 1 amide bonds. The fourth-order valence-corrected chi connectivity index (χ4v) is 2.46. The SMILES string of the molecule is Cc1[nH]ncc1NC(=O)COC(c1ccccc1)c1ccccc1. The Labute approximate surface area is 140 Å². The Hall–Kier alpha value is -2.92. The summed E-state index contributed by atoms with van der Waals surface area (Å²) < 4.78 is 5.92. The number of hydrogen-bond donors (Lipinski definition) is 2. The average Bonchev–Trinajstić information content (AvgIpc) is 3.02. The maximum absolute atomic E-state index is 12.2. The van der Waals surface area contributed by atoms with E-state index in [4.69, 9.17) is 4.74 Å². The highest BCUT2D eigenvalue weighted by Crippen LogP contribution is 2.25. The molecule has 0 radical (unpaired) electrons. The molecule has 0 fully saturated rings. The predicted molar refractivity (Wildman–Crippen MR) is 92.6 cm³/mol. The second-order valence-electron chi connectivity index (χ2n) is 5.47. The van der Waals surface area contributed by atoms with Crippen molar-refractivity contribution in [1.82, 2.24) is 10.2 Å². The van der Waals surface area contributed by atoms with Crippen LogP contribution >= 0.6 is 0 Å². The molecule has 3 aromatic rings. The quantitative estimate of drug-likeness (QED) is 0.730. The largest absolute Gasteiger partial charge is 0.359 e. The molecule has 1 aromatic heterocycles. The van der Waals surface area contributed by atoms with Gasteiger partial charge in [0.15, 0.2) is 0 Å². The van der Waals surface area contributed by atoms with Crippen molar-refractivity contribution >= 4 is 11.6 Å². The number of ether oxygens (including phenoxy) is 1. The molecule has 5 heteroatoms. The van der Waals surface area contributed by atoms with E-state index in [1.807, 2.05) is 67.6 Å². The summed E-state index contributed by atoms with van der Waals surface area (Å²) in [5, 5.41) is 9.46. The van der Waals surface area contributed by atoms with Gasteiger partial charge in [0.1, 0.15) is 12.7 Å². The van der Waals surface area contributed by atoms with Crippen molar-refractivity contribution in [3.8, 4) is 0 Å². The van der Waals surface area contributed by atoms with Crippen molar-refractivity contribution in [2.75, 3.05) is 11.9 Å². The molecular weight excluding hydrogens is 302 g/mol. The Morgan fingerprint density at radius 2 is 1.67 bits per heavy atom. The van der Waals surface area contributed by atoms with Crippen molar-refractivity contribution in [3.05, 3.63) is 83.7 Å². The molecule has 2 aromatic carbocycles. The number of hydrogen-bond acceptors (Lipinski definition) is 3. The van der Waals surface area contributed by atoms with Gasteiger partial charge in [0, 0.05) is 0 Å². The highest BCUT2D eigenvalue weighted by Gasteiger charge is 2.16. The lowest BCUT2D eigenvalue weighted by Crippen LogP contribution is -2.20. The number of nitrogens with one attached hydrogen (secondary N) is 2. The van der Waals surface area contributed by atoms with Crippen LogP contribution in [0.15, 0.2) is 66.9 Å². The number of H-pyrrole nitrogens is 1. The van der Waals surface area contributed by atoms with Gasteiger partial charge in [-0.15, -0.1) is 0 Å². The normalized spacial score (nSPS) is 10.8. The summed E-state index contributed by atoms with van der Waals surface area (Å²) in [5.41, 5.74) is 3.50. The standard InChI is InChI=1S/C19H19N3O2/c1-14-17(12-20-22-14)21-18(23)13-24-19(15-8-4-2-5-9-15)16-10-6-3-7-11-16/h2-12,19H,13H2,1H3,(H,20,22)(H,21,23). The molecule has 3 rings (SSSR count). The Kier molecular flexibility index (Phi) is 5.03. The summed E-state index contributed by atoms with van der Waals surface area (Å²) in [5.74, 6) is -0.212. The number of carbonyl (C=O) groups excluding carboxylic acids is 1. The summed E-state index contributed by atoms with van der Waals surface area (Å²) in [6.07, 6.45) is 1.29. The van der Waals surface area contributed by atoms with Crippen LogP contribution in [0.4, 0.5) is 5.69 Å². The number of aromatic amines is 1. The summed E-state index contributed by atoms with van der Waals surface area (Å²) in [6.45, 7) is 1.80. The smallest absolute Gasteiger partial charge is 0.250 e. The van der Waals surface area contributed by atoms with Gasteiger partial charge in [-0.3, -0.25) is 9.89 Å². The summed E-state index contributed by atoms with van der Waals surface area (Å²) in [6, 6.07) is 19.7. The van der Waals surface area contributed by atoms with Crippen molar-refractivity contribution in [2.45, 2.75) is 13.0 Å². The van der Waals surface area contributed by atoms with E-state index in [0.717, 1.165) is 16.8 Å². The minimum Gasteiger partial charge on any atom is -0.359 e. The van der Waals surface area contributed by atoms with Gasteiger partial charge in [0.05, 0.1) is 17.6 Å². The predicted octanol–water partition coefficient (Wildman–Crippen LogP) is 3.46. The molecule has 0 spiro atoms. The van der Waals surface area contributed by atoms with Crippen LogP contribution in [0.5, 0.6) is 0 Å². The van der Waals surface area contributed by atoms with Gasteiger partial charge in [-0.25, -0.2) is 0 Å². The first kappa shape index (κ1) is 16.0. The van der Waals surface area contributed by atoms with Gasteiger partial charge in [-0.05, 0) is 18.1 Å². The monoisotopic (exact) mass is 321 g/mol. The highest BCUT2D eigenvalue weighted by atomic mass is 16.5.